The molecule has 1 unspecified atom stereocenters. The monoisotopic (exact) mass is 265 g/mol. The van der Waals surface area contributed by atoms with Crippen molar-refractivity contribution in [3.8, 4) is 11.5 Å². The lowest BCUT2D eigenvalue weighted by Gasteiger charge is -2.09. The van der Waals surface area contributed by atoms with E-state index in [-0.39, 0.29) is 6.61 Å². The lowest BCUT2D eigenvalue weighted by molar-refractivity contribution is -0.138. The number of benzene rings is 1. The smallest absolute Gasteiger partial charge is 0.332 e. The number of carboxylic acid groups (broad SMARTS) is 1. The molecule has 0 fully saturated rings. The highest BCUT2D eigenvalue weighted by atomic mass is 16.5. The summed E-state index contributed by atoms with van der Waals surface area (Å²) in [7, 11) is 3.13. The van der Waals surface area contributed by atoms with Crippen molar-refractivity contribution >= 4 is 11.9 Å². The third kappa shape index (κ3) is 2.96. The van der Waals surface area contributed by atoms with Crippen LogP contribution in [0, 0.1) is 0 Å². The van der Waals surface area contributed by atoms with Crippen LogP contribution in [0.1, 0.15) is 5.56 Å². The minimum atomic E-state index is -0.970. The fraction of sp³-hybridized carbons (Fsp3) is 0.385. The second-order valence-corrected chi connectivity index (χ2v) is 4.05. The van der Waals surface area contributed by atoms with Crippen molar-refractivity contribution in [2.45, 2.75) is 12.5 Å². The molecule has 1 aromatic carbocycles. The van der Waals surface area contributed by atoms with Gasteiger partial charge >= 0.3 is 5.97 Å². The number of hydrogen-bond acceptors (Lipinski definition) is 5. The third-order valence-electron chi connectivity index (χ3n) is 2.80. The molecule has 1 atom stereocenters. The molecular formula is C13H15NO5. The van der Waals surface area contributed by atoms with Crippen LogP contribution in [0.3, 0.4) is 0 Å². The first-order valence-corrected chi connectivity index (χ1v) is 5.77. The van der Waals surface area contributed by atoms with E-state index in [9.17, 15) is 4.79 Å². The molecule has 0 saturated heterocycles. The predicted octanol–water partition coefficient (Wildman–Crippen LogP) is 1.13. The molecule has 1 N–H and O–H groups in total. The number of rotatable bonds is 5. The van der Waals surface area contributed by atoms with Gasteiger partial charge in [-0.05, 0) is 17.7 Å². The standard InChI is InChI=1S/C13H15NO5/c1-17-10-4-3-8(5-11(10)18-2)6-12-14-9(7-19-12)13(15)16/h3-5,9H,6-7H2,1-2H3,(H,15,16). The van der Waals surface area contributed by atoms with Gasteiger partial charge < -0.3 is 19.3 Å². The summed E-state index contributed by atoms with van der Waals surface area (Å²) in [4.78, 5) is 14.8. The predicted molar refractivity (Wildman–Crippen MR) is 68.1 cm³/mol. The molecule has 102 valence electrons. The fourth-order valence-electron chi connectivity index (χ4n) is 1.81. The van der Waals surface area contributed by atoms with E-state index in [4.69, 9.17) is 19.3 Å². The molecule has 19 heavy (non-hydrogen) atoms. The molecule has 1 heterocycles. The molecule has 0 saturated carbocycles. The van der Waals surface area contributed by atoms with Crippen molar-refractivity contribution in [1.82, 2.24) is 0 Å². The summed E-state index contributed by atoms with van der Waals surface area (Å²) < 4.78 is 15.6. The number of methoxy groups -OCH3 is 2. The molecule has 0 radical (unpaired) electrons. The van der Waals surface area contributed by atoms with Gasteiger partial charge in [0.2, 0.25) is 0 Å². The Labute approximate surface area is 110 Å². The Bertz CT molecular complexity index is 512. The summed E-state index contributed by atoms with van der Waals surface area (Å²) in [5, 5.41) is 8.82. The first kappa shape index (κ1) is 13.2. The van der Waals surface area contributed by atoms with Gasteiger partial charge in [0.1, 0.15) is 6.61 Å². The maximum atomic E-state index is 10.8. The quantitative estimate of drug-likeness (QED) is 0.863. The molecule has 0 aliphatic carbocycles. The van der Waals surface area contributed by atoms with Crippen LogP contribution in [-0.2, 0) is 16.0 Å². The van der Waals surface area contributed by atoms with E-state index in [1.807, 2.05) is 12.1 Å². The van der Waals surface area contributed by atoms with E-state index in [1.165, 1.54) is 0 Å². The number of nitrogens with zero attached hydrogens (tertiary/aromatic N) is 1. The molecule has 6 nitrogen and oxygen atoms in total. The molecule has 1 aliphatic rings. The van der Waals surface area contributed by atoms with Gasteiger partial charge in [-0.1, -0.05) is 6.07 Å². The highest BCUT2D eigenvalue weighted by Crippen LogP contribution is 2.28. The number of carbonyl (C=O) groups is 1. The van der Waals surface area contributed by atoms with Gasteiger partial charge in [0.15, 0.2) is 23.4 Å². The zero-order valence-electron chi connectivity index (χ0n) is 10.8. The molecule has 1 aromatic rings. The third-order valence-corrected chi connectivity index (χ3v) is 2.80. The van der Waals surface area contributed by atoms with Crippen LogP contribution in [0.2, 0.25) is 0 Å². The van der Waals surface area contributed by atoms with Crippen LogP contribution in [0.15, 0.2) is 23.2 Å². The Balaban J connectivity index is 2.12. The van der Waals surface area contributed by atoms with Crippen LogP contribution >= 0.6 is 0 Å². The number of ether oxygens (including phenoxy) is 3. The second-order valence-electron chi connectivity index (χ2n) is 4.05. The van der Waals surface area contributed by atoms with Crippen molar-refractivity contribution in [3.63, 3.8) is 0 Å². The number of hydrogen-bond donors (Lipinski definition) is 1. The van der Waals surface area contributed by atoms with Crippen LogP contribution in [0.4, 0.5) is 0 Å². The first-order chi connectivity index (χ1) is 9.13. The largest absolute Gasteiger partial charge is 0.493 e. The van der Waals surface area contributed by atoms with Gasteiger partial charge in [-0.3, -0.25) is 0 Å². The van der Waals surface area contributed by atoms with Crippen molar-refractivity contribution in [2.24, 2.45) is 4.99 Å². The molecular weight excluding hydrogens is 250 g/mol. The van der Waals surface area contributed by atoms with Crippen LogP contribution in [0.5, 0.6) is 11.5 Å². The summed E-state index contributed by atoms with van der Waals surface area (Å²) in [6.45, 7) is 0.0952. The summed E-state index contributed by atoms with van der Waals surface area (Å²) in [6, 6.07) is 4.67. The normalized spacial score (nSPS) is 17.6. The minimum absolute atomic E-state index is 0.0952. The van der Waals surface area contributed by atoms with Gasteiger partial charge in [0.05, 0.1) is 14.2 Å². The van der Waals surface area contributed by atoms with E-state index in [2.05, 4.69) is 4.99 Å². The molecule has 0 aromatic heterocycles. The molecule has 1 aliphatic heterocycles. The summed E-state index contributed by atoms with van der Waals surface area (Å²) in [5.74, 6) is 0.722. The van der Waals surface area contributed by atoms with Gasteiger partial charge in [0, 0.05) is 6.42 Å². The van der Waals surface area contributed by atoms with Gasteiger partial charge in [-0.2, -0.15) is 0 Å². The Morgan fingerprint density at radius 1 is 1.42 bits per heavy atom. The van der Waals surface area contributed by atoms with E-state index < -0.39 is 12.0 Å². The maximum Gasteiger partial charge on any atom is 0.332 e. The molecule has 0 amide bonds. The Morgan fingerprint density at radius 3 is 2.74 bits per heavy atom. The Morgan fingerprint density at radius 2 is 2.16 bits per heavy atom. The fourth-order valence-corrected chi connectivity index (χ4v) is 1.81. The average Bonchev–Trinajstić information content (AvgIpc) is 2.87. The first-order valence-electron chi connectivity index (χ1n) is 5.77. The van der Waals surface area contributed by atoms with E-state index in [1.54, 1.807) is 20.3 Å². The summed E-state index contributed by atoms with van der Waals surface area (Å²) in [5.41, 5.74) is 0.919. The summed E-state index contributed by atoms with van der Waals surface area (Å²) >= 11 is 0. The van der Waals surface area contributed by atoms with Crippen LogP contribution < -0.4 is 9.47 Å². The van der Waals surface area contributed by atoms with E-state index in [0.717, 1.165) is 5.56 Å². The maximum absolute atomic E-state index is 10.8. The lowest BCUT2D eigenvalue weighted by Crippen LogP contribution is -2.18. The van der Waals surface area contributed by atoms with E-state index in [0.29, 0.717) is 23.8 Å². The molecule has 2 rings (SSSR count). The van der Waals surface area contributed by atoms with Crippen LogP contribution in [0.25, 0.3) is 0 Å². The van der Waals surface area contributed by atoms with Crippen molar-refractivity contribution in [1.29, 1.82) is 0 Å². The highest BCUT2D eigenvalue weighted by Gasteiger charge is 2.25. The SMILES string of the molecule is COc1ccc(CC2=NC(C(=O)O)CO2)cc1OC. The topological polar surface area (TPSA) is 77.4 Å². The Kier molecular flexibility index (Phi) is 3.89. The van der Waals surface area contributed by atoms with Gasteiger partial charge in [0.25, 0.3) is 0 Å². The van der Waals surface area contributed by atoms with Crippen molar-refractivity contribution in [3.05, 3.63) is 23.8 Å². The highest BCUT2D eigenvalue weighted by molar-refractivity contribution is 5.86. The minimum Gasteiger partial charge on any atom is -0.493 e. The van der Waals surface area contributed by atoms with Crippen LogP contribution in [-0.4, -0.2) is 43.8 Å². The van der Waals surface area contributed by atoms with Gasteiger partial charge in [-0.15, -0.1) is 0 Å². The average molecular weight is 265 g/mol. The second kappa shape index (κ2) is 5.60. The number of aliphatic carboxylic acids is 1. The Hall–Kier alpha value is -2.24. The molecule has 0 spiro atoms. The van der Waals surface area contributed by atoms with Crippen molar-refractivity contribution in [2.75, 3.05) is 20.8 Å². The molecule has 6 heteroatoms. The number of carboxylic acids is 1. The van der Waals surface area contributed by atoms with Crippen molar-refractivity contribution < 1.29 is 24.1 Å². The number of aliphatic imine (C=N–C) groups is 1. The van der Waals surface area contributed by atoms with E-state index >= 15 is 0 Å². The lowest BCUT2D eigenvalue weighted by atomic mass is 10.1. The summed E-state index contributed by atoms with van der Waals surface area (Å²) in [6.07, 6.45) is 0.435. The molecule has 0 bridgehead atoms. The zero-order valence-corrected chi connectivity index (χ0v) is 10.8. The van der Waals surface area contributed by atoms with Gasteiger partial charge in [-0.25, -0.2) is 9.79 Å². The zero-order chi connectivity index (χ0) is 13.8.